The standard InChI is InChI=1S/C18H14O2/c19-16-11-6-12-17(20)18(16)15-10-5-4-9-14(15)13-7-2-1-3-8-13/h1-12,19-20H. The van der Waals surface area contributed by atoms with E-state index in [1.54, 1.807) is 18.2 Å². The minimum Gasteiger partial charge on any atom is -0.507 e. The Bertz CT molecular complexity index is 713. The molecule has 0 aliphatic carbocycles. The number of hydrogen-bond acceptors (Lipinski definition) is 2. The Labute approximate surface area is 117 Å². The van der Waals surface area contributed by atoms with Gasteiger partial charge in [0, 0.05) is 0 Å². The van der Waals surface area contributed by atoms with Crippen molar-refractivity contribution in [1.29, 1.82) is 0 Å². The maximum atomic E-state index is 10.1. The topological polar surface area (TPSA) is 40.5 Å². The molecule has 98 valence electrons. The number of benzene rings is 3. The minimum atomic E-state index is 0.0772. The normalized spacial score (nSPS) is 10.4. The molecule has 2 N–H and O–H groups in total. The third kappa shape index (κ3) is 2.12. The van der Waals surface area contributed by atoms with Gasteiger partial charge in [-0.05, 0) is 28.8 Å². The highest BCUT2D eigenvalue weighted by Crippen LogP contribution is 2.41. The highest BCUT2D eigenvalue weighted by molar-refractivity contribution is 5.88. The quantitative estimate of drug-likeness (QED) is 0.717. The molecule has 0 atom stereocenters. The molecule has 0 aromatic heterocycles. The fraction of sp³-hybridized carbons (Fsp3) is 0. The second-order valence-corrected chi connectivity index (χ2v) is 4.58. The first-order valence-electron chi connectivity index (χ1n) is 6.43. The average molecular weight is 262 g/mol. The Morgan fingerprint density at radius 1 is 0.500 bits per heavy atom. The second-order valence-electron chi connectivity index (χ2n) is 4.58. The molecule has 0 saturated heterocycles. The Hall–Kier alpha value is -2.74. The number of phenols is 2. The van der Waals surface area contributed by atoms with Crippen molar-refractivity contribution in [2.45, 2.75) is 0 Å². The van der Waals surface area contributed by atoms with Gasteiger partial charge in [-0.1, -0.05) is 60.7 Å². The summed E-state index contributed by atoms with van der Waals surface area (Å²) in [5.41, 5.74) is 3.30. The van der Waals surface area contributed by atoms with Gasteiger partial charge in [0.25, 0.3) is 0 Å². The van der Waals surface area contributed by atoms with Crippen molar-refractivity contribution >= 4 is 0 Å². The highest BCUT2D eigenvalue weighted by atomic mass is 16.3. The van der Waals surface area contributed by atoms with Crippen LogP contribution in [0.1, 0.15) is 0 Å². The summed E-state index contributed by atoms with van der Waals surface area (Å²) >= 11 is 0. The van der Waals surface area contributed by atoms with Gasteiger partial charge in [-0.25, -0.2) is 0 Å². The molecule has 0 spiro atoms. The lowest BCUT2D eigenvalue weighted by molar-refractivity contribution is 0.454. The zero-order valence-electron chi connectivity index (χ0n) is 10.8. The van der Waals surface area contributed by atoms with E-state index in [-0.39, 0.29) is 11.5 Å². The van der Waals surface area contributed by atoms with Crippen LogP contribution < -0.4 is 0 Å². The summed E-state index contributed by atoms with van der Waals surface area (Å²) in [6.45, 7) is 0. The molecular formula is C18H14O2. The molecule has 0 aliphatic heterocycles. The van der Waals surface area contributed by atoms with Crippen LogP contribution in [0.25, 0.3) is 22.3 Å². The molecule has 0 heterocycles. The monoisotopic (exact) mass is 262 g/mol. The summed E-state index contributed by atoms with van der Waals surface area (Å²) in [4.78, 5) is 0. The van der Waals surface area contributed by atoms with E-state index < -0.39 is 0 Å². The van der Waals surface area contributed by atoms with Gasteiger partial charge in [-0.3, -0.25) is 0 Å². The van der Waals surface area contributed by atoms with Gasteiger partial charge in [-0.2, -0.15) is 0 Å². The zero-order valence-corrected chi connectivity index (χ0v) is 10.8. The molecule has 3 aromatic carbocycles. The molecule has 2 heteroatoms. The lowest BCUT2D eigenvalue weighted by Crippen LogP contribution is -1.86. The highest BCUT2D eigenvalue weighted by Gasteiger charge is 2.13. The molecular weight excluding hydrogens is 248 g/mol. The van der Waals surface area contributed by atoms with Crippen LogP contribution in [-0.4, -0.2) is 10.2 Å². The third-order valence-electron chi connectivity index (χ3n) is 3.30. The maximum absolute atomic E-state index is 10.1. The van der Waals surface area contributed by atoms with Crippen molar-refractivity contribution in [2.24, 2.45) is 0 Å². The molecule has 0 saturated carbocycles. The Morgan fingerprint density at radius 2 is 1.05 bits per heavy atom. The second kappa shape index (κ2) is 5.10. The van der Waals surface area contributed by atoms with Crippen molar-refractivity contribution in [2.75, 3.05) is 0 Å². The van der Waals surface area contributed by atoms with Crippen molar-refractivity contribution in [3.05, 3.63) is 72.8 Å². The lowest BCUT2D eigenvalue weighted by Gasteiger charge is -2.12. The summed E-state index contributed by atoms with van der Waals surface area (Å²) in [6, 6.07) is 22.4. The maximum Gasteiger partial charge on any atom is 0.127 e. The van der Waals surface area contributed by atoms with Crippen LogP contribution >= 0.6 is 0 Å². The molecule has 0 radical (unpaired) electrons. The van der Waals surface area contributed by atoms with E-state index in [1.807, 2.05) is 54.6 Å². The van der Waals surface area contributed by atoms with Gasteiger partial charge >= 0.3 is 0 Å². The summed E-state index contributed by atoms with van der Waals surface area (Å²) in [5.74, 6) is 0.154. The third-order valence-corrected chi connectivity index (χ3v) is 3.30. The van der Waals surface area contributed by atoms with Crippen LogP contribution in [0.3, 0.4) is 0 Å². The number of aromatic hydroxyl groups is 2. The summed E-state index contributed by atoms with van der Waals surface area (Å²) in [7, 11) is 0. The first-order valence-corrected chi connectivity index (χ1v) is 6.43. The van der Waals surface area contributed by atoms with E-state index in [9.17, 15) is 10.2 Å². The smallest absolute Gasteiger partial charge is 0.127 e. The van der Waals surface area contributed by atoms with Gasteiger partial charge in [-0.15, -0.1) is 0 Å². The van der Waals surface area contributed by atoms with E-state index in [4.69, 9.17) is 0 Å². The first kappa shape index (κ1) is 12.3. The predicted molar refractivity (Wildman–Crippen MR) is 80.6 cm³/mol. The zero-order chi connectivity index (χ0) is 13.9. The van der Waals surface area contributed by atoms with Crippen molar-refractivity contribution < 1.29 is 10.2 Å². The Balaban J connectivity index is 2.26. The van der Waals surface area contributed by atoms with Crippen LogP contribution in [0.5, 0.6) is 11.5 Å². The molecule has 0 amide bonds. The van der Waals surface area contributed by atoms with Crippen molar-refractivity contribution in [3.8, 4) is 33.8 Å². The molecule has 20 heavy (non-hydrogen) atoms. The number of rotatable bonds is 2. The van der Waals surface area contributed by atoms with Crippen LogP contribution in [-0.2, 0) is 0 Å². The lowest BCUT2D eigenvalue weighted by atomic mass is 9.93. The van der Waals surface area contributed by atoms with Gasteiger partial charge in [0.15, 0.2) is 0 Å². The van der Waals surface area contributed by atoms with E-state index in [0.29, 0.717) is 5.56 Å². The first-order chi connectivity index (χ1) is 9.77. The van der Waals surface area contributed by atoms with Crippen LogP contribution in [0.2, 0.25) is 0 Å². The number of hydrogen-bond donors (Lipinski definition) is 2. The van der Waals surface area contributed by atoms with Crippen molar-refractivity contribution in [1.82, 2.24) is 0 Å². The van der Waals surface area contributed by atoms with E-state index in [2.05, 4.69) is 0 Å². The fourth-order valence-corrected chi connectivity index (χ4v) is 2.37. The molecule has 0 unspecified atom stereocenters. The van der Waals surface area contributed by atoms with Crippen LogP contribution in [0.4, 0.5) is 0 Å². The molecule has 0 bridgehead atoms. The van der Waals surface area contributed by atoms with Gasteiger partial charge in [0.05, 0.1) is 5.56 Å². The Kier molecular flexibility index (Phi) is 3.13. The minimum absolute atomic E-state index is 0.0772. The largest absolute Gasteiger partial charge is 0.507 e. The van der Waals surface area contributed by atoms with E-state index in [1.165, 1.54) is 0 Å². The van der Waals surface area contributed by atoms with Crippen LogP contribution in [0, 0.1) is 0 Å². The molecule has 0 aliphatic rings. The molecule has 2 nitrogen and oxygen atoms in total. The van der Waals surface area contributed by atoms with Gasteiger partial charge in [0.2, 0.25) is 0 Å². The summed E-state index contributed by atoms with van der Waals surface area (Å²) in [6.07, 6.45) is 0. The van der Waals surface area contributed by atoms with Gasteiger partial charge < -0.3 is 10.2 Å². The Morgan fingerprint density at radius 3 is 1.70 bits per heavy atom. The average Bonchev–Trinajstić information content (AvgIpc) is 2.48. The molecule has 3 rings (SSSR count). The SMILES string of the molecule is Oc1cccc(O)c1-c1ccccc1-c1ccccc1. The van der Waals surface area contributed by atoms with Crippen molar-refractivity contribution in [3.63, 3.8) is 0 Å². The predicted octanol–water partition coefficient (Wildman–Crippen LogP) is 4.43. The van der Waals surface area contributed by atoms with E-state index >= 15 is 0 Å². The molecule has 0 fully saturated rings. The summed E-state index contributed by atoms with van der Waals surface area (Å²) < 4.78 is 0. The summed E-state index contributed by atoms with van der Waals surface area (Å²) in [5, 5.41) is 20.1. The van der Waals surface area contributed by atoms with Gasteiger partial charge in [0.1, 0.15) is 11.5 Å². The number of phenolic OH excluding ortho intramolecular Hbond substituents is 2. The fourth-order valence-electron chi connectivity index (χ4n) is 2.37. The molecule has 3 aromatic rings. The van der Waals surface area contributed by atoms with E-state index in [0.717, 1.165) is 16.7 Å². The van der Waals surface area contributed by atoms with Crippen LogP contribution in [0.15, 0.2) is 72.8 Å².